The van der Waals surface area contributed by atoms with Gasteiger partial charge >= 0.3 is 0 Å². The molecule has 2 rings (SSSR count). The fourth-order valence-corrected chi connectivity index (χ4v) is 2.65. The van der Waals surface area contributed by atoms with Crippen molar-refractivity contribution in [2.45, 2.75) is 52.9 Å². The Balaban J connectivity index is 2.36. The minimum absolute atomic E-state index is 0.344. The molecule has 3 heteroatoms. The van der Waals surface area contributed by atoms with Gasteiger partial charge in [-0.15, -0.1) is 0 Å². The summed E-state index contributed by atoms with van der Waals surface area (Å²) >= 11 is 0. The minimum atomic E-state index is 0.344. The van der Waals surface area contributed by atoms with Crippen molar-refractivity contribution in [2.24, 2.45) is 11.1 Å². The highest BCUT2D eigenvalue weighted by molar-refractivity contribution is 5.30. The number of rotatable bonds is 3. The predicted octanol–water partition coefficient (Wildman–Crippen LogP) is 2.67. The normalized spacial score (nSPS) is 23.5. The van der Waals surface area contributed by atoms with E-state index in [9.17, 15) is 0 Å². The van der Waals surface area contributed by atoms with Gasteiger partial charge < -0.3 is 5.73 Å². The van der Waals surface area contributed by atoms with Gasteiger partial charge in [-0.2, -0.15) is 0 Å². The molecular weight excluding hydrogens is 210 g/mol. The maximum absolute atomic E-state index is 5.74. The molecule has 1 aliphatic rings. The monoisotopic (exact) mass is 233 g/mol. The standard InChI is InChI=1S/C14H23N3/c1-8(7-15)12-9(2)16-13(17-10(12)3)11-6-14(11,4)5/h8,11H,6-7,15H2,1-5H3. The Hall–Kier alpha value is -0.960. The Morgan fingerprint density at radius 3 is 2.12 bits per heavy atom. The number of hydrogen-bond donors (Lipinski definition) is 1. The van der Waals surface area contributed by atoms with Gasteiger partial charge in [0.15, 0.2) is 0 Å². The van der Waals surface area contributed by atoms with Crippen molar-refractivity contribution in [2.75, 3.05) is 6.54 Å². The van der Waals surface area contributed by atoms with E-state index in [1.807, 2.05) is 0 Å². The second-order valence-electron chi connectivity index (χ2n) is 6.05. The van der Waals surface area contributed by atoms with Crippen molar-refractivity contribution in [3.05, 3.63) is 22.8 Å². The van der Waals surface area contributed by atoms with Crippen LogP contribution in [-0.2, 0) is 0 Å². The summed E-state index contributed by atoms with van der Waals surface area (Å²) in [5, 5.41) is 0. The molecule has 94 valence electrons. The van der Waals surface area contributed by atoms with E-state index in [2.05, 4.69) is 34.6 Å². The molecule has 17 heavy (non-hydrogen) atoms. The molecule has 1 heterocycles. The van der Waals surface area contributed by atoms with E-state index in [-0.39, 0.29) is 0 Å². The Bertz CT molecular complexity index is 414. The second-order valence-corrected chi connectivity index (χ2v) is 6.05. The van der Waals surface area contributed by atoms with Crippen LogP contribution in [0, 0.1) is 19.3 Å². The summed E-state index contributed by atoms with van der Waals surface area (Å²) in [4.78, 5) is 9.39. The Kier molecular flexibility index (Phi) is 2.98. The van der Waals surface area contributed by atoms with Gasteiger partial charge in [0.05, 0.1) is 0 Å². The van der Waals surface area contributed by atoms with Crippen LogP contribution in [0.15, 0.2) is 0 Å². The van der Waals surface area contributed by atoms with Crippen LogP contribution in [-0.4, -0.2) is 16.5 Å². The largest absolute Gasteiger partial charge is 0.330 e. The first-order valence-corrected chi connectivity index (χ1v) is 6.42. The van der Waals surface area contributed by atoms with Gasteiger partial charge in [0.2, 0.25) is 0 Å². The maximum atomic E-state index is 5.74. The fourth-order valence-electron chi connectivity index (χ4n) is 2.65. The van der Waals surface area contributed by atoms with Crippen molar-refractivity contribution in [3.8, 4) is 0 Å². The van der Waals surface area contributed by atoms with Gasteiger partial charge in [-0.25, -0.2) is 9.97 Å². The average molecular weight is 233 g/mol. The van der Waals surface area contributed by atoms with Crippen LogP contribution in [0.1, 0.15) is 61.8 Å². The average Bonchev–Trinajstić information content (AvgIpc) is 2.86. The first-order chi connectivity index (χ1) is 7.86. The number of nitrogens with two attached hydrogens (primary N) is 1. The SMILES string of the molecule is Cc1nc(C2CC2(C)C)nc(C)c1C(C)CN. The zero-order valence-corrected chi connectivity index (χ0v) is 11.5. The second kappa shape index (κ2) is 4.05. The third kappa shape index (κ3) is 2.21. The Labute approximate surface area is 104 Å². The molecule has 2 unspecified atom stereocenters. The van der Waals surface area contributed by atoms with Crippen LogP contribution in [0.5, 0.6) is 0 Å². The molecule has 1 saturated carbocycles. The van der Waals surface area contributed by atoms with E-state index >= 15 is 0 Å². The molecule has 1 aromatic rings. The molecule has 3 nitrogen and oxygen atoms in total. The molecule has 0 spiro atoms. The van der Waals surface area contributed by atoms with E-state index in [0.717, 1.165) is 17.2 Å². The van der Waals surface area contributed by atoms with Crippen LogP contribution < -0.4 is 5.73 Å². The molecule has 0 radical (unpaired) electrons. The summed E-state index contributed by atoms with van der Waals surface area (Å²) in [5.41, 5.74) is 9.57. The lowest BCUT2D eigenvalue weighted by molar-refractivity contribution is 0.604. The van der Waals surface area contributed by atoms with Gasteiger partial charge in [-0.1, -0.05) is 20.8 Å². The first-order valence-electron chi connectivity index (χ1n) is 6.42. The highest BCUT2D eigenvalue weighted by Crippen LogP contribution is 2.57. The first kappa shape index (κ1) is 12.5. The number of nitrogens with zero attached hydrogens (tertiary/aromatic N) is 2. The van der Waals surface area contributed by atoms with Crippen molar-refractivity contribution in [3.63, 3.8) is 0 Å². The molecule has 0 aliphatic heterocycles. The van der Waals surface area contributed by atoms with Crippen molar-refractivity contribution in [1.29, 1.82) is 0 Å². The Morgan fingerprint density at radius 2 is 1.76 bits per heavy atom. The van der Waals surface area contributed by atoms with E-state index in [0.29, 0.717) is 23.8 Å². The van der Waals surface area contributed by atoms with E-state index < -0.39 is 0 Å². The minimum Gasteiger partial charge on any atom is -0.330 e. The zero-order valence-electron chi connectivity index (χ0n) is 11.5. The fraction of sp³-hybridized carbons (Fsp3) is 0.714. The van der Waals surface area contributed by atoms with Crippen LogP contribution >= 0.6 is 0 Å². The van der Waals surface area contributed by atoms with Gasteiger partial charge in [-0.3, -0.25) is 0 Å². The highest BCUT2D eigenvalue weighted by atomic mass is 14.9. The molecule has 2 atom stereocenters. The number of aromatic nitrogens is 2. The van der Waals surface area contributed by atoms with E-state index in [4.69, 9.17) is 15.7 Å². The quantitative estimate of drug-likeness (QED) is 0.873. The highest BCUT2D eigenvalue weighted by Gasteiger charge is 2.48. The van der Waals surface area contributed by atoms with Crippen molar-refractivity contribution < 1.29 is 0 Å². The van der Waals surface area contributed by atoms with Crippen LogP contribution in [0.25, 0.3) is 0 Å². The summed E-state index contributed by atoms with van der Waals surface area (Å²) in [6.45, 7) is 11.5. The van der Waals surface area contributed by atoms with Crippen LogP contribution in [0.2, 0.25) is 0 Å². The molecular formula is C14H23N3. The third-order valence-electron chi connectivity index (χ3n) is 4.02. The predicted molar refractivity (Wildman–Crippen MR) is 70.1 cm³/mol. The van der Waals surface area contributed by atoms with Gasteiger partial charge in [-0.05, 0) is 43.7 Å². The van der Waals surface area contributed by atoms with Gasteiger partial charge in [0, 0.05) is 17.3 Å². The summed E-state index contributed by atoms with van der Waals surface area (Å²) in [5.74, 6) is 1.91. The van der Waals surface area contributed by atoms with Crippen molar-refractivity contribution >= 4 is 0 Å². The number of hydrogen-bond acceptors (Lipinski definition) is 3. The van der Waals surface area contributed by atoms with E-state index in [1.54, 1.807) is 0 Å². The topological polar surface area (TPSA) is 51.8 Å². The van der Waals surface area contributed by atoms with Crippen LogP contribution in [0.3, 0.4) is 0 Å². The molecule has 0 bridgehead atoms. The summed E-state index contributed by atoms with van der Waals surface area (Å²) in [7, 11) is 0. The van der Waals surface area contributed by atoms with Gasteiger partial charge in [0.25, 0.3) is 0 Å². The molecule has 0 aromatic carbocycles. The van der Waals surface area contributed by atoms with Crippen LogP contribution in [0.4, 0.5) is 0 Å². The Morgan fingerprint density at radius 1 is 1.29 bits per heavy atom. The van der Waals surface area contributed by atoms with Gasteiger partial charge in [0.1, 0.15) is 5.82 Å². The summed E-state index contributed by atoms with van der Waals surface area (Å²) < 4.78 is 0. The third-order valence-corrected chi connectivity index (χ3v) is 4.02. The maximum Gasteiger partial charge on any atom is 0.132 e. The number of aryl methyl sites for hydroxylation is 2. The van der Waals surface area contributed by atoms with E-state index in [1.165, 1.54) is 12.0 Å². The lowest BCUT2D eigenvalue weighted by atomic mass is 9.98. The lowest BCUT2D eigenvalue weighted by Gasteiger charge is -2.16. The molecule has 1 aliphatic carbocycles. The summed E-state index contributed by atoms with van der Waals surface area (Å²) in [6.07, 6.45) is 1.21. The molecule has 1 fully saturated rings. The smallest absolute Gasteiger partial charge is 0.132 e. The summed E-state index contributed by atoms with van der Waals surface area (Å²) in [6, 6.07) is 0. The van der Waals surface area contributed by atoms with Crippen molar-refractivity contribution in [1.82, 2.24) is 9.97 Å². The lowest BCUT2D eigenvalue weighted by Crippen LogP contribution is -2.15. The molecule has 0 amide bonds. The molecule has 1 aromatic heterocycles. The zero-order chi connectivity index (χ0) is 12.8. The molecule has 0 saturated heterocycles. The molecule has 2 N–H and O–H groups in total.